The van der Waals surface area contributed by atoms with Crippen molar-refractivity contribution in [3.63, 3.8) is 0 Å². The number of carbonyl (C=O) groups excluding carboxylic acids is 1. The Labute approximate surface area is 93.0 Å². The van der Waals surface area contributed by atoms with Gasteiger partial charge < -0.3 is 0 Å². The van der Waals surface area contributed by atoms with Crippen molar-refractivity contribution in [3.05, 3.63) is 0 Å². The van der Waals surface area contributed by atoms with E-state index in [0.29, 0.717) is 5.78 Å². The summed E-state index contributed by atoms with van der Waals surface area (Å²) in [7, 11) is 0. The van der Waals surface area contributed by atoms with Crippen LogP contribution in [-0.4, -0.2) is 29.8 Å². The summed E-state index contributed by atoms with van der Waals surface area (Å²) in [6.07, 6.45) is 5.06. The van der Waals surface area contributed by atoms with E-state index in [1.807, 2.05) is 20.8 Å². The Morgan fingerprint density at radius 3 is 2.47 bits per heavy atom. The first-order chi connectivity index (χ1) is 6.98. The lowest BCUT2D eigenvalue weighted by Crippen LogP contribution is -2.42. The van der Waals surface area contributed by atoms with Crippen LogP contribution in [0.15, 0.2) is 0 Å². The van der Waals surface area contributed by atoms with Crippen LogP contribution >= 0.6 is 0 Å². The monoisotopic (exact) mass is 209 g/mol. The Morgan fingerprint density at radius 2 is 1.93 bits per heavy atom. The summed E-state index contributed by atoms with van der Waals surface area (Å²) in [5.74, 6) is 1.35. The van der Waals surface area contributed by atoms with E-state index in [1.165, 1.54) is 25.8 Å². The quantitative estimate of drug-likeness (QED) is 0.711. The van der Waals surface area contributed by atoms with Gasteiger partial charge in [0.1, 0.15) is 0 Å². The molecular formula is C13H23NO. The second-order valence-corrected chi connectivity index (χ2v) is 6.21. The van der Waals surface area contributed by atoms with E-state index in [9.17, 15) is 4.79 Å². The van der Waals surface area contributed by atoms with Crippen molar-refractivity contribution in [3.8, 4) is 0 Å². The molecule has 0 bridgehead atoms. The molecule has 1 heterocycles. The number of nitrogens with zero attached hydrogens (tertiary/aromatic N) is 1. The zero-order chi connectivity index (χ0) is 11.1. The van der Waals surface area contributed by atoms with Gasteiger partial charge >= 0.3 is 0 Å². The van der Waals surface area contributed by atoms with E-state index in [4.69, 9.17) is 0 Å². The highest BCUT2D eigenvalue weighted by Crippen LogP contribution is 2.34. The van der Waals surface area contributed by atoms with Crippen LogP contribution in [0.25, 0.3) is 0 Å². The molecule has 1 saturated carbocycles. The maximum Gasteiger partial charge on any atom is 0.155 e. The van der Waals surface area contributed by atoms with Crippen LogP contribution in [0, 0.1) is 11.3 Å². The highest BCUT2D eigenvalue weighted by molar-refractivity contribution is 5.88. The molecule has 0 aromatic carbocycles. The lowest BCUT2D eigenvalue weighted by Gasteiger charge is -2.28. The molecule has 2 fully saturated rings. The molecule has 86 valence electrons. The summed E-state index contributed by atoms with van der Waals surface area (Å²) < 4.78 is 0. The summed E-state index contributed by atoms with van der Waals surface area (Å²) in [5, 5.41) is 0. The van der Waals surface area contributed by atoms with Crippen LogP contribution < -0.4 is 0 Å². The minimum absolute atomic E-state index is 0.170. The van der Waals surface area contributed by atoms with Gasteiger partial charge in [0.05, 0.1) is 6.04 Å². The lowest BCUT2D eigenvalue weighted by molar-refractivity contribution is -0.130. The fourth-order valence-electron chi connectivity index (χ4n) is 2.47. The van der Waals surface area contributed by atoms with Gasteiger partial charge in [0.2, 0.25) is 0 Å². The maximum absolute atomic E-state index is 12.2. The molecule has 0 aromatic rings. The summed E-state index contributed by atoms with van der Waals surface area (Å²) >= 11 is 0. The van der Waals surface area contributed by atoms with E-state index < -0.39 is 0 Å². The topological polar surface area (TPSA) is 20.3 Å². The minimum atomic E-state index is -0.170. The molecule has 1 saturated heterocycles. The van der Waals surface area contributed by atoms with Crippen molar-refractivity contribution >= 4 is 5.78 Å². The molecule has 2 heteroatoms. The molecule has 0 radical (unpaired) electrons. The highest BCUT2D eigenvalue weighted by atomic mass is 16.1. The molecule has 1 unspecified atom stereocenters. The minimum Gasteiger partial charge on any atom is -0.297 e. The SMILES string of the molecule is CC(C)(C)C(=O)C1CCCN1CC1CC1. The second kappa shape index (κ2) is 3.89. The van der Waals surface area contributed by atoms with Crippen molar-refractivity contribution in [2.75, 3.05) is 13.1 Å². The second-order valence-electron chi connectivity index (χ2n) is 6.21. The third kappa shape index (κ3) is 2.60. The van der Waals surface area contributed by atoms with Crippen molar-refractivity contribution in [1.29, 1.82) is 0 Å². The third-order valence-corrected chi connectivity index (χ3v) is 3.60. The standard InChI is InChI=1S/C13H23NO/c1-13(2,3)12(15)11-5-4-8-14(11)9-10-6-7-10/h10-11H,4-9H2,1-3H3. The molecule has 2 nitrogen and oxygen atoms in total. The van der Waals surface area contributed by atoms with Crippen molar-refractivity contribution in [1.82, 2.24) is 4.90 Å². The van der Waals surface area contributed by atoms with Crippen LogP contribution in [0.2, 0.25) is 0 Å². The van der Waals surface area contributed by atoms with Gasteiger partial charge in [-0.3, -0.25) is 9.69 Å². The fourth-order valence-corrected chi connectivity index (χ4v) is 2.47. The fraction of sp³-hybridized carbons (Fsp3) is 0.923. The molecule has 1 atom stereocenters. The highest BCUT2D eigenvalue weighted by Gasteiger charge is 2.38. The number of hydrogen-bond acceptors (Lipinski definition) is 2. The molecule has 0 amide bonds. The molecule has 0 spiro atoms. The average Bonchev–Trinajstić information content (AvgIpc) is 2.80. The summed E-state index contributed by atoms with van der Waals surface area (Å²) in [6, 6.07) is 0.227. The van der Waals surface area contributed by atoms with Gasteiger partial charge in [-0.05, 0) is 38.1 Å². The van der Waals surface area contributed by atoms with Crippen LogP contribution in [0.5, 0.6) is 0 Å². The molecule has 15 heavy (non-hydrogen) atoms. The maximum atomic E-state index is 12.2. The molecule has 1 aliphatic heterocycles. The van der Waals surface area contributed by atoms with Crippen LogP contribution in [0.4, 0.5) is 0 Å². The zero-order valence-corrected chi connectivity index (χ0v) is 10.3. The van der Waals surface area contributed by atoms with Crippen molar-refractivity contribution in [2.45, 2.75) is 52.5 Å². The Bertz CT molecular complexity index is 250. The van der Waals surface area contributed by atoms with Crippen LogP contribution in [0.1, 0.15) is 46.5 Å². The van der Waals surface area contributed by atoms with E-state index in [1.54, 1.807) is 0 Å². The van der Waals surface area contributed by atoms with E-state index in [-0.39, 0.29) is 11.5 Å². The first-order valence-electron chi connectivity index (χ1n) is 6.27. The number of carbonyl (C=O) groups is 1. The molecule has 1 aliphatic carbocycles. The first-order valence-corrected chi connectivity index (χ1v) is 6.27. The number of rotatable bonds is 3. The first kappa shape index (κ1) is 11.1. The molecule has 0 aromatic heterocycles. The summed E-state index contributed by atoms with van der Waals surface area (Å²) in [4.78, 5) is 14.7. The number of ketones is 1. The predicted molar refractivity (Wildman–Crippen MR) is 61.8 cm³/mol. The normalized spacial score (nSPS) is 28.3. The van der Waals surface area contributed by atoms with Crippen LogP contribution in [0.3, 0.4) is 0 Å². The lowest BCUT2D eigenvalue weighted by atomic mass is 9.85. The van der Waals surface area contributed by atoms with Crippen molar-refractivity contribution in [2.24, 2.45) is 11.3 Å². The van der Waals surface area contributed by atoms with Gasteiger partial charge in [-0.2, -0.15) is 0 Å². The zero-order valence-electron chi connectivity index (χ0n) is 10.3. The largest absolute Gasteiger partial charge is 0.297 e. The Kier molecular flexibility index (Phi) is 2.89. The average molecular weight is 209 g/mol. The van der Waals surface area contributed by atoms with Gasteiger partial charge in [-0.1, -0.05) is 20.8 Å². The molecule has 0 N–H and O–H groups in total. The van der Waals surface area contributed by atoms with Gasteiger partial charge in [0.15, 0.2) is 5.78 Å². The number of likely N-dealkylation sites (tertiary alicyclic amines) is 1. The van der Waals surface area contributed by atoms with E-state index in [2.05, 4.69) is 4.90 Å². The van der Waals surface area contributed by atoms with Gasteiger partial charge in [0, 0.05) is 12.0 Å². The van der Waals surface area contributed by atoms with Crippen molar-refractivity contribution < 1.29 is 4.79 Å². The van der Waals surface area contributed by atoms with E-state index in [0.717, 1.165) is 18.9 Å². The van der Waals surface area contributed by atoms with Gasteiger partial charge in [-0.25, -0.2) is 0 Å². The Balaban J connectivity index is 1.97. The molecule has 2 rings (SSSR count). The molecular weight excluding hydrogens is 186 g/mol. The molecule has 2 aliphatic rings. The smallest absolute Gasteiger partial charge is 0.155 e. The number of hydrogen-bond donors (Lipinski definition) is 0. The summed E-state index contributed by atoms with van der Waals surface area (Å²) in [6.45, 7) is 8.45. The van der Waals surface area contributed by atoms with E-state index >= 15 is 0 Å². The summed E-state index contributed by atoms with van der Waals surface area (Å²) in [5.41, 5.74) is -0.170. The van der Waals surface area contributed by atoms with Crippen LogP contribution in [-0.2, 0) is 4.79 Å². The Hall–Kier alpha value is -0.370. The van der Waals surface area contributed by atoms with Gasteiger partial charge in [0.25, 0.3) is 0 Å². The number of Topliss-reactive ketones (excluding diaryl/α,β-unsaturated/α-hetero) is 1. The predicted octanol–water partition coefficient (Wildman–Crippen LogP) is 2.48. The Morgan fingerprint density at radius 1 is 1.27 bits per heavy atom. The third-order valence-electron chi connectivity index (χ3n) is 3.60. The van der Waals surface area contributed by atoms with Gasteiger partial charge in [-0.15, -0.1) is 0 Å².